The van der Waals surface area contributed by atoms with Crippen molar-refractivity contribution in [2.75, 3.05) is 36.4 Å². The van der Waals surface area contributed by atoms with Crippen molar-refractivity contribution in [3.05, 3.63) is 78.2 Å². The van der Waals surface area contributed by atoms with Crippen molar-refractivity contribution < 1.29 is 9.59 Å². The molecule has 1 saturated heterocycles. The van der Waals surface area contributed by atoms with Crippen LogP contribution in [0.3, 0.4) is 0 Å². The van der Waals surface area contributed by atoms with Crippen molar-refractivity contribution in [1.82, 2.24) is 19.9 Å². The summed E-state index contributed by atoms with van der Waals surface area (Å²) in [6, 6.07) is 14.3. The molecule has 0 spiro atoms. The van der Waals surface area contributed by atoms with Gasteiger partial charge in [-0.2, -0.15) is 0 Å². The zero-order valence-corrected chi connectivity index (χ0v) is 18.0. The van der Waals surface area contributed by atoms with Gasteiger partial charge in [-0.3, -0.25) is 14.6 Å². The molecule has 1 aromatic carbocycles. The third kappa shape index (κ3) is 4.15. The number of nitrogens with one attached hydrogen (secondary N) is 1. The van der Waals surface area contributed by atoms with E-state index in [4.69, 9.17) is 0 Å². The van der Waals surface area contributed by atoms with E-state index in [0.29, 0.717) is 43.0 Å². The van der Waals surface area contributed by atoms with Crippen molar-refractivity contribution in [1.29, 1.82) is 0 Å². The van der Waals surface area contributed by atoms with Gasteiger partial charge >= 0.3 is 0 Å². The fourth-order valence-corrected chi connectivity index (χ4v) is 4.57. The molecule has 0 bridgehead atoms. The normalized spacial score (nSPS) is 13.9. The smallest absolute Gasteiger partial charge is 0.257 e. The number of benzene rings is 1. The van der Waals surface area contributed by atoms with E-state index in [9.17, 15) is 9.59 Å². The van der Waals surface area contributed by atoms with Gasteiger partial charge in [-0.05, 0) is 42.5 Å². The summed E-state index contributed by atoms with van der Waals surface area (Å²) in [7, 11) is 0. The number of rotatable bonds is 4. The van der Waals surface area contributed by atoms with Gasteiger partial charge in [0.1, 0.15) is 10.3 Å². The van der Waals surface area contributed by atoms with Crippen LogP contribution in [0, 0.1) is 0 Å². The first-order valence-electron chi connectivity index (χ1n) is 10.2. The zero-order valence-electron chi connectivity index (χ0n) is 17.1. The predicted molar refractivity (Wildman–Crippen MR) is 124 cm³/mol. The van der Waals surface area contributed by atoms with E-state index in [1.165, 1.54) is 6.20 Å². The second-order valence-corrected chi connectivity index (χ2v) is 8.34. The number of carbonyl (C=O) groups is 2. The summed E-state index contributed by atoms with van der Waals surface area (Å²) in [6.07, 6.45) is 4.89. The molecule has 0 unspecified atom stereocenters. The van der Waals surface area contributed by atoms with Gasteiger partial charge in [0.05, 0.1) is 5.56 Å². The van der Waals surface area contributed by atoms with Crippen molar-refractivity contribution >= 4 is 44.3 Å². The van der Waals surface area contributed by atoms with Crippen LogP contribution in [-0.4, -0.2) is 57.8 Å². The van der Waals surface area contributed by atoms with Crippen LogP contribution in [0.15, 0.2) is 67.1 Å². The van der Waals surface area contributed by atoms with Crippen LogP contribution >= 0.6 is 11.3 Å². The Kier molecular flexibility index (Phi) is 5.47. The van der Waals surface area contributed by atoms with Crippen LogP contribution in [0.25, 0.3) is 10.3 Å². The summed E-state index contributed by atoms with van der Waals surface area (Å²) in [5.74, 6) is -0.310. The number of anilines is 2. The predicted octanol–water partition coefficient (Wildman–Crippen LogP) is 3.30. The molecule has 3 aromatic heterocycles. The Hall–Kier alpha value is -3.85. The number of nitrogens with zero attached hydrogens (tertiary/aromatic N) is 5. The van der Waals surface area contributed by atoms with E-state index in [2.05, 4.69) is 25.2 Å². The number of aromatic nitrogens is 3. The topological polar surface area (TPSA) is 91.3 Å². The molecular formula is C23H20N6O2S. The van der Waals surface area contributed by atoms with Crippen molar-refractivity contribution in [3.8, 4) is 0 Å². The lowest BCUT2D eigenvalue weighted by atomic mass is 10.1. The molecule has 4 heterocycles. The highest BCUT2D eigenvalue weighted by Crippen LogP contribution is 2.28. The van der Waals surface area contributed by atoms with Crippen molar-refractivity contribution in [3.63, 3.8) is 0 Å². The maximum Gasteiger partial charge on any atom is 0.257 e. The number of fused-ring (bicyclic) bond motifs is 1. The fraction of sp³-hybridized carbons (Fsp3) is 0.174. The number of pyridine rings is 2. The first-order chi connectivity index (χ1) is 15.7. The van der Waals surface area contributed by atoms with Crippen molar-refractivity contribution in [2.24, 2.45) is 0 Å². The second kappa shape index (κ2) is 8.72. The quantitative estimate of drug-likeness (QED) is 0.519. The molecule has 1 N–H and O–H groups in total. The molecule has 32 heavy (non-hydrogen) atoms. The number of thiazole rings is 1. The Morgan fingerprint density at radius 2 is 1.75 bits per heavy atom. The van der Waals surface area contributed by atoms with E-state index in [-0.39, 0.29) is 11.8 Å². The van der Waals surface area contributed by atoms with Gasteiger partial charge in [0.2, 0.25) is 0 Å². The Balaban J connectivity index is 1.23. The molecule has 0 atom stereocenters. The standard InChI is InChI=1S/C23H20N6O2S/c30-20(17-5-2-8-24-15-17)26-18-6-1-4-16(14-18)22(31)28-10-12-29(13-11-28)23-27-19-7-3-9-25-21(19)32-23/h1-9,14-15H,10-13H2,(H,26,30). The fourth-order valence-electron chi connectivity index (χ4n) is 3.61. The first kappa shape index (κ1) is 20.1. The van der Waals surface area contributed by atoms with E-state index >= 15 is 0 Å². The lowest BCUT2D eigenvalue weighted by molar-refractivity contribution is 0.0746. The van der Waals surface area contributed by atoms with E-state index in [0.717, 1.165) is 15.5 Å². The molecule has 160 valence electrons. The third-order valence-corrected chi connectivity index (χ3v) is 6.32. The van der Waals surface area contributed by atoms with Crippen LogP contribution in [-0.2, 0) is 0 Å². The highest BCUT2D eigenvalue weighted by atomic mass is 32.1. The van der Waals surface area contributed by atoms with Crippen LogP contribution in [0.1, 0.15) is 20.7 Å². The van der Waals surface area contributed by atoms with Crippen LogP contribution < -0.4 is 10.2 Å². The minimum absolute atomic E-state index is 0.0481. The number of piperazine rings is 1. The minimum Gasteiger partial charge on any atom is -0.344 e. The van der Waals surface area contributed by atoms with Gasteiger partial charge in [-0.15, -0.1) is 0 Å². The number of hydrogen-bond donors (Lipinski definition) is 1. The van der Waals surface area contributed by atoms with Gasteiger partial charge in [-0.1, -0.05) is 17.4 Å². The molecule has 1 aliphatic heterocycles. The first-order valence-corrected chi connectivity index (χ1v) is 11.1. The highest BCUT2D eigenvalue weighted by molar-refractivity contribution is 7.21. The summed E-state index contributed by atoms with van der Waals surface area (Å²) in [5, 5.41) is 3.76. The van der Waals surface area contributed by atoms with E-state index < -0.39 is 0 Å². The zero-order chi connectivity index (χ0) is 21.9. The summed E-state index contributed by atoms with van der Waals surface area (Å²) in [6.45, 7) is 2.63. The molecule has 1 aliphatic rings. The summed E-state index contributed by atoms with van der Waals surface area (Å²) in [5.41, 5.74) is 2.48. The minimum atomic E-state index is -0.262. The van der Waals surface area contributed by atoms with E-state index in [1.807, 2.05) is 17.0 Å². The lowest BCUT2D eigenvalue weighted by Crippen LogP contribution is -2.48. The maximum absolute atomic E-state index is 13.1. The Morgan fingerprint density at radius 3 is 2.53 bits per heavy atom. The molecule has 0 radical (unpaired) electrons. The molecule has 1 fully saturated rings. The van der Waals surface area contributed by atoms with Crippen LogP contribution in [0.4, 0.5) is 10.8 Å². The molecule has 8 nitrogen and oxygen atoms in total. The Bertz CT molecular complexity index is 1230. The molecule has 5 rings (SSSR count). The Morgan fingerprint density at radius 1 is 0.938 bits per heavy atom. The number of amides is 2. The number of carbonyl (C=O) groups excluding carboxylic acids is 2. The largest absolute Gasteiger partial charge is 0.344 e. The van der Waals surface area contributed by atoms with Gasteiger partial charge in [0.25, 0.3) is 11.8 Å². The van der Waals surface area contributed by atoms with Gasteiger partial charge < -0.3 is 15.1 Å². The lowest BCUT2D eigenvalue weighted by Gasteiger charge is -2.34. The van der Waals surface area contributed by atoms with Gasteiger partial charge in [-0.25, -0.2) is 9.97 Å². The van der Waals surface area contributed by atoms with E-state index in [1.54, 1.807) is 60.1 Å². The molecule has 9 heteroatoms. The Labute approximate surface area is 188 Å². The SMILES string of the molecule is O=C(Nc1cccc(C(=O)N2CCN(c3nc4cccnc4s3)CC2)c1)c1cccnc1. The molecular weight excluding hydrogens is 424 g/mol. The molecule has 0 saturated carbocycles. The molecule has 4 aromatic rings. The van der Waals surface area contributed by atoms with Crippen LogP contribution in [0.2, 0.25) is 0 Å². The van der Waals surface area contributed by atoms with Gasteiger partial charge in [0.15, 0.2) is 5.13 Å². The number of hydrogen-bond acceptors (Lipinski definition) is 7. The summed E-state index contributed by atoms with van der Waals surface area (Å²) >= 11 is 1.57. The average molecular weight is 445 g/mol. The van der Waals surface area contributed by atoms with Crippen LogP contribution in [0.5, 0.6) is 0 Å². The summed E-state index contributed by atoms with van der Waals surface area (Å²) < 4.78 is 0. The van der Waals surface area contributed by atoms with Crippen molar-refractivity contribution in [2.45, 2.75) is 0 Å². The highest BCUT2D eigenvalue weighted by Gasteiger charge is 2.24. The maximum atomic E-state index is 13.1. The summed E-state index contributed by atoms with van der Waals surface area (Å²) in [4.78, 5) is 43.4. The van der Waals surface area contributed by atoms with Gasteiger partial charge in [0, 0.05) is 56.0 Å². The molecule has 0 aliphatic carbocycles. The molecule has 2 amide bonds. The average Bonchev–Trinajstić information content (AvgIpc) is 3.29. The second-order valence-electron chi connectivity index (χ2n) is 7.38. The third-order valence-electron chi connectivity index (χ3n) is 5.28. The monoisotopic (exact) mass is 444 g/mol.